The molecule has 0 saturated heterocycles. The van der Waals surface area contributed by atoms with Gasteiger partial charge in [-0.05, 0) is 41.5 Å². The molecule has 0 heterocycles. The van der Waals surface area contributed by atoms with Crippen LogP contribution in [0, 0.1) is 0 Å². The van der Waals surface area contributed by atoms with Gasteiger partial charge in [-0.3, -0.25) is 0 Å². The molecule has 0 spiro atoms. The summed E-state index contributed by atoms with van der Waals surface area (Å²) in [5.41, 5.74) is 9.29. The van der Waals surface area contributed by atoms with Gasteiger partial charge in [0.2, 0.25) is 0 Å². The van der Waals surface area contributed by atoms with Crippen LogP contribution in [-0.4, -0.2) is 0 Å². The van der Waals surface area contributed by atoms with Gasteiger partial charge in [0.1, 0.15) is 0 Å². The zero-order chi connectivity index (χ0) is 13.8. The summed E-state index contributed by atoms with van der Waals surface area (Å²) in [5, 5.41) is 0. The van der Waals surface area contributed by atoms with Gasteiger partial charge in [0, 0.05) is 11.8 Å². The van der Waals surface area contributed by atoms with Gasteiger partial charge in [0.05, 0.1) is 0 Å². The van der Waals surface area contributed by atoms with Crippen molar-refractivity contribution in [1.82, 2.24) is 0 Å². The van der Waals surface area contributed by atoms with Crippen molar-refractivity contribution in [3.63, 3.8) is 0 Å². The molecule has 2 atom stereocenters. The van der Waals surface area contributed by atoms with Crippen molar-refractivity contribution in [2.24, 2.45) is 0 Å². The van der Waals surface area contributed by atoms with E-state index in [1.165, 1.54) is 30.4 Å². The van der Waals surface area contributed by atoms with Crippen LogP contribution in [-0.2, 0) is 0 Å². The average molecular weight is 270 g/mol. The molecule has 0 nitrogen and oxygen atoms in total. The lowest BCUT2D eigenvalue weighted by atomic mass is 9.89. The summed E-state index contributed by atoms with van der Waals surface area (Å²) in [7, 11) is 0. The first-order valence-corrected chi connectivity index (χ1v) is 7.99. The topological polar surface area (TPSA) is 0 Å². The number of rotatable bonds is 0. The molecule has 5 rings (SSSR count). The van der Waals surface area contributed by atoms with E-state index in [0.29, 0.717) is 11.8 Å². The highest BCUT2D eigenvalue weighted by Crippen LogP contribution is 2.51. The van der Waals surface area contributed by atoms with E-state index in [1.54, 1.807) is 22.3 Å². The maximum Gasteiger partial charge on any atom is 0.00609 e. The van der Waals surface area contributed by atoms with E-state index < -0.39 is 0 Å². The highest BCUT2D eigenvalue weighted by molar-refractivity contribution is 5.72. The van der Waals surface area contributed by atoms with E-state index in [4.69, 9.17) is 0 Å². The zero-order valence-corrected chi connectivity index (χ0v) is 12.0. The smallest absolute Gasteiger partial charge is 0.00609 e. The number of allylic oxidation sites excluding steroid dienone is 2. The first-order valence-electron chi connectivity index (χ1n) is 7.99. The van der Waals surface area contributed by atoms with Crippen LogP contribution in [0.3, 0.4) is 0 Å². The van der Waals surface area contributed by atoms with Crippen molar-refractivity contribution >= 4 is 12.2 Å². The molecule has 2 unspecified atom stereocenters. The largest absolute Gasteiger partial charge is 0.0619 e. The van der Waals surface area contributed by atoms with Gasteiger partial charge in [0.15, 0.2) is 0 Å². The monoisotopic (exact) mass is 270 g/mol. The minimum atomic E-state index is 0.667. The Balaban J connectivity index is 1.57. The second-order valence-corrected chi connectivity index (χ2v) is 6.56. The van der Waals surface area contributed by atoms with Gasteiger partial charge < -0.3 is 0 Å². The molecule has 0 bridgehead atoms. The van der Waals surface area contributed by atoms with Gasteiger partial charge in [-0.25, -0.2) is 0 Å². The van der Waals surface area contributed by atoms with Crippen LogP contribution in [0.4, 0.5) is 0 Å². The fourth-order valence-electron chi connectivity index (χ4n) is 4.52. The Hall–Kier alpha value is -2.08. The van der Waals surface area contributed by atoms with Crippen LogP contribution < -0.4 is 0 Å². The van der Waals surface area contributed by atoms with E-state index in [9.17, 15) is 0 Å². The minimum Gasteiger partial charge on any atom is -0.0619 e. The lowest BCUT2D eigenvalue weighted by Crippen LogP contribution is -1.98. The number of hydrogen-bond acceptors (Lipinski definition) is 0. The Labute approximate surface area is 125 Å². The Morgan fingerprint density at radius 3 is 1.62 bits per heavy atom. The predicted molar refractivity (Wildman–Crippen MR) is 88.2 cm³/mol. The number of fused-ring (bicyclic) bond motifs is 6. The van der Waals surface area contributed by atoms with Crippen LogP contribution in [0.2, 0.25) is 0 Å². The van der Waals surface area contributed by atoms with Gasteiger partial charge >= 0.3 is 0 Å². The van der Waals surface area contributed by atoms with Crippen LogP contribution in [0.15, 0.2) is 59.7 Å². The molecule has 0 N–H and O–H groups in total. The maximum atomic E-state index is 2.45. The van der Waals surface area contributed by atoms with Crippen molar-refractivity contribution < 1.29 is 0 Å². The lowest BCUT2D eigenvalue weighted by molar-refractivity contribution is 0.642. The van der Waals surface area contributed by atoms with E-state index in [0.717, 1.165) is 0 Å². The zero-order valence-electron chi connectivity index (χ0n) is 12.0. The van der Waals surface area contributed by atoms with E-state index >= 15 is 0 Å². The molecule has 3 aliphatic rings. The van der Waals surface area contributed by atoms with Crippen molar-refractivity contribution in [2.75, 3.05) is 0 Å². The molecule has 0 aliphatic heterocycles. The third-order valence-electron chi connectivity index (χ3n) is 5.47. The van der Waals surface area contributed by atoms with Crippen molar-refractivity contribution in [1.29, 1.82) is 0 Å². The highest BCUT2D eigenvalue weighted by Gasteiger charge is 2.34. The van der Waals surface area contributed by atoms with Gasteiger partial charge in [0.25, 0.3) is 0 Å². The highest BCUT2D eigenvalue weighted by atomic mass is 14.4. The molecule has 1 saturated carbocycles. The summed E-state index contributed by atoms with van der Waals surface area (Å²) in [4.78, 5) is 0. The number of benzene rings is 2. The number of hydrogen-bond donors (Lipinski definition) is 0. The molecule has 1 fully saturated rings. The lowest BCUT2D eigenvalue weighted by Gasteiger charge is -2.15. The second kappa shape index (κ2) is 4.21. The molecule has 2 aromatic carbocycles. The van der Waals surface area contributed by atoms with Crippen LogP contribution >= 0.6 is 0 Å². The summed E-state index contributed by atoms with van der Waals surface area (Å²) >= 11 is 0. The summed E-state index contributed by atoms with van der Waals surface area (Å²) < 4.78 is 0. The Morgan fingerprint density at radius 1 is 0.619 bits per heavy atom. The molecule has 3 aliphatic carbocycles. The van der Waals surface area contributed by atoms with Crippen LogP contribution in [0.1, 0.15) is 53.4 Å². The molecule has 2 aromatic rings. The third-order valence-corrected chi connectivity index (χ3v) is 5.47. The van der Waals surface area contributed by atoms with Crippen molar-refractivity contribution in [3.8, 4) is 0 Å². The summed E-state index contributed by atoms with van der Waals surface area (Å²) in [6, 6.07) is 17.9. The average Bonchev–Trinajstić information content (AvgIpc) is 2.98. The molecule has 0 radical (unpaired) electrons. The third kappa shape index (κ3) is 1.62. The molecule has 0 aromatic heterocycles. The van der Waals surface area contributed by atoms with Crippen molar-refractivity contribution in [3.05, 3.63) is 81.9 Å². The Morgan fingerprint density at radius 2 is 1.10 bits per heavy atom. The van der Waals surface area contributed by atoms with Gasteiger partial charge in [-0.1, -0.05) is 71.8 Å². The first kappa shape index (κ1) is 11.6. The minimum absolute atomic E-state index is 0.667. The molecule has 21 heavy (non-hydrogen) atoms. The van der Waals surface area contributed by atoms with Crippen LogP contribution in [0.5, 0.6) is 0 Å². The molecule has 102 valence electrons. The van der Waals surface area contributed by atoms with Gasteiger partial charge in [-0.15, -0.1) is 0 Å². The summed E-state index contributed by atoms with van der Waals surface area (Å²) in [6.45, 7) is 0. The quantitative estimate of drug-likeness (QED) is 0.590. The standard InChI is InChI=1S/C21H18/c1-3-7-18-14(5-1)11-16-13-17-12-15-6-2-4-8-19(15)21(17)10-9-20(16)18/h1-8,11-12,20-21H,9-10,13H2. The molecule has 0 amide bonds. The fourth-order valence-corrected chi connectivity index (χ4v) is 4.52. The first-order chi connectivity index (χ1) is 10.4. The van der Waals surface area contributed by atoms with E-state index in [-0.39, 0.29) is 0 Å². The maximum absolute atomic E-state index is 2.45. The normalized spacial score (nSPS) is 25.1. The van der Waals surface area contributed by atoms with Gasteiger partial charge in [-0.2, -0.15) is 0 Å². The predicted octanol–water partition coefficient (Wildman–Crippen LogP) is 5.53. The van der Waals surface area contributed by atoms with E-state index in [1.807, 2.05) is 0 Å². The fraction of sp³-hybridized carbons (Fsp3) is 0.238. The summed E-state index contributed by atoms with van der Waals surface area (Å²) in [5.74, 6) is 1.33. The SMILES string of the molecule is C1=C2CC3=Cc4ccccc4C3CCC2c2ccccc21. The molecular weight excluding hydrogens is 252 g/mol. The second-order valence-electron chi connectivity index (χ2n) is 6.56. The molecule has 0 heteroatoms. The van der Waals surface area contributed by atoms with E-state index in [2.05, 4.69) is 60.7 Å². The summed E-state index contributed by atoms with van der Waals surface area (Å²) in [6.07, 6.45) is 8.65. The Bertz CT molecular complexity index is 724. The Kier molecular flexibility index (Phi) is 2.32. The molecular formula is C21H18. The van der Waals surface area contributed by atoms with Crippen molar-refractivity contribution in [2.45, 2.75) is 31.1 Å². The van der Waals surface area contributed by atoms with Crippen LogP contribution in [0.25, 0.3) is 12.2 Å².